The molecule has 1 aliphatic carbocycles. The molecule has 1 heterocycles. The van der Waals surface area contributed by atoms with Gasteiger partial charge in [-0.05, 0) is 56.1 Å². The summed E-state index contributed by atoms with van der Waals surface area (Å²) in [6.07, 6.45) is 10.5. The minimum atomic E-state index is 0.160. The van der Waals surface area contributed by atoms with Gasteiger partial charge in [0.15, 0.2) is 5.13 Å². The summed E-state index contributed by atoms with van der Waals surface area (Å²) in [5.74, 6) is 1.16. The quantitative estimate of drug-likeness (QED) is 0.645. The molecule has 1 fully saturated rings. The average molecular weight is 363 g/mol. The molecule has 1 saturated carbocycles. The first kappa shape index (κ1) is 17.7. The number of rotatable bonds is 6. The normalized spacial score (nSPS) is 21.1. The lowest BCUT2D eigenvalue weighted by atomic mass is 9.79. The monoisotopic (exact) mass is 362 g/mol. The highest BCUT2D eigenvalue weighted by Gasteiger charge is 2.26. The lowest BCUT2D eigenvalue weighted by Crippen LogP contribution is -2.27. The number of hydrogen-bond donors (Lipinski definition) is 1. The second kappa shape index (κ2) is 8.34. The van der Waals surface area contributed by atoms with Crippen molar-refractivity contribution in [1.82, 2.24) is 4.98 Å². The van der Waals surface area contributed by atoms with E-state index in [-0.39, 0.29) is 11.8 Å². The molecule has 24 heavy (non-hydrogen) atoms. The number of unbranched alkanes of at least 4 members (excludes halogenated alkanes) is 1. The Morgan fingerprint density at radius 2 is 2.12 bits per heavy atom. The van der Waals surface area contributed by atoms with Crippen molar-refractivity contribution in [2.45, 2.75) is 56.8 Å². The summed E-state index contributed by atoms with van der Waals surface area (Å²) in [6, 6.07) is 6.26. The smallest absolute Gasteiger partial charge is 0.229 e. The van der Waals surface area contributed by atoms with Gasteiger partial charge in [0.2, 0.25) is 5.91 Å². The van der Waals surface area contributed by atoms with Crippen LogP contribution in [0.1, 0.15) is 51.9 Å². The first-order valence-corrected chi connectivity index (χ1v) is 11.0. The highest BCUT2D eigenvalue weighted by atomic mass is 32.2. The van der Waals surface area contributed by atoms with E-state index in [1.54, 1.807) is 23.1 Å². The van der Waals surface area contributed by atoms with Crippen LogP contribution in [0.4, 0.5) is 5.13 Å². The molecule has 0 unspecified atom stereocenters. The Bertz CT molecular complexity index is 690. The van der Waals surface area contributed by atoms with Gasteiger partial charge in [-0.3, -0.25) is 4.79 Å². The van der Waals surface area contributed by atoms with Crippen LogP contribution in [-0.4, -0.2) is 17.1 Å². The maximum Gasteiger partial charge on any atom is 0.229 e. The summed E-state index contributed by atoms with van der Waals surface area (Å²) in [4.78, 5) is 18.3. The molecule has 1 aromatic carbocycles. The van der Waals surface area contributed by atoms with Crippen molar-refractivity contribution in [1.29, 1.82) is 0 Å². The fourth-order valence-corrected chi connectivity index (χ4v) is 4.92. The number of nitrogens with zero attached hydrogens (tertiary/aromatic N) is 1. The molecule has 2 aromatic rings. The topological polar surface area (TPSA) is 42.0 Å². The Balaban J connectivity index is 1.57. The van der Waals surface area contributed by atoms with E-state index in [1.807, 2.05) is 6.07 Å². The van der Waals surface area contributed by atoms with E-state index < -0.39 is 0 Å². The van der Waals surface area contributed by atoms with Crippen LogP contribution in [0, 0.1) is 11.8 Å². The number of amides is 1. The van der Waals surface area contributed by atoms with Crippen LogP contribution in [0.3, 0.4) is 0 Å². The number of thioether (sulfide) groups is 1. The highest BCUT2D eigenvalue weighted by Crippen LogP contribution is 2.34. The van der Waals surface area contributed by atoms with Gasteiger partial charge in [0.05, 0.1) is 10.2 Å². The third kappa shape index (κ3) is 4.31. The molecule has 3 rings (SSSR count). The minimum Gasteiger partial charge on any atom is -0.302 e. The lowest BCUT2D eigenvalue weighted by Gasteiger charge is -2.27. The third-order valence-corrected chi connectivity index (χ3v) is 6.67. The fraction of sp³-hybridized carbons (Fsp3) is 0.579. The van der Waals surface area contributed by atoms with Crippen molar-refractivity contribution in [2.24, 2.45) is 11.8 Å². The number of carbonyl (C=O) groups excluding carboxylic acids is 1. The van der Waals surface area contributed by atoms with Crippen LogP contribution in [0.15, 0.2) is 23.1 Å². The summed E-state index contributed by atoms with van der Waals surface area (Å²) >= 11 is 3.30. The molecule has 5 heteroatoms. The molecule has 0 bridgehead atoms. The SMILES string of the molecule is CCCCC1CCC(C(=O)Nc2nc3ccc(SC)cc3s2)CC1. The van der Waals surface area contributed by atoms with Gasteiger partial charge in [-0.1, -0.05) is 37.5 Å². The standard InChI is InChI=1S/C19H26N2OS2/c1-3-4-5-13-6-8-14(9-7-13)18(22)21-19-20-16-11-10-15(23-2)12-17(16)24-19/h10-14H,3-9H2,1-2H3,(H,20,21,22). The Labute approximate surface area is 152 Å². The zero-order chi connectivity index (χ0) is 16.9. The van der Waals surface area contributed by atoms with Crippen LogP contribution < -0.4 is 5.32 Å². The Morgan fingerprint density at radius 1 is 1.33 bits per heavy atom. The van der Waals surface area contributed by atoms with Crippen molar-refractivity contribution >= 4 is 44.4 Å². The number of carbonyl (C=O) groups is 1. The lowest BCUT2D eigenvalue weighted by molar-refractivity contribution is -0.121. The zero-order valence-electron chi connectivity index (χ0n) is 14.5. The van der Waals surface area contributed by atoms with Crippen molar-refractivity contribution < 1.29 is 4.79 Å². The molecular weight excluding hydrogens is 336 g/mol. The molecule has 130 valence electrons. The average Bonchev–Trinajstić information content (AvgIpc) is 3.01. The first-order chi connectivity index (χ1) is 11.7. The molecule has 1 amide bonds. The Hall–Kier alpha value is -1.07. The van der Waals surface area contributed by atoms with E-state index in [2.05, 4.69) is 35.6 Å². The van der Waals surface area contributed by atoms with Gasteiger partial charge in [-0.2, -0.15) is 0 Å². The van der Waals surface area contributed by atoms with E-state index in [4.69, 9.17) is 0 Å². The summed E-state index contributed by atoms with van der Waals surface area (Å²) in [5.41, 5.74) is 0.969. The number of fused-ring (bicyclic) bond motifs is 1. The number of nitrogens with one attached hydrogen (secondary N) is 1. The molecule has 0 radical (unpaired) electrons. The van der Waals surface area contributed by atoms with Crippen LogP contribution in [-0.2, 0) is 4.79 Å². The Morgan fingerprint density at radius 3 is 2.83 bits per heavy atom. The summed E-state index contributed by atoms with van der Waals surface area (Å²) in [6.45, 7) is 2.25. The van der Waals surface area contributed by atoms with Gasteiger partial charge < -0.3 is 5.32 Å². The minimum absolute atomic E-state index is 0.160. The van der Waals surface area contributed by atoms with Crippen LogP contribution >= 0.6 is 23.1 Å². The molecular formula is C19H26N2OS2. The maximum absolute atomic E-state index is 12.5. The van der Waals surface area contributed by atoms with Gasteiger partial charge >= 0.3 is 0 Å². The highest BCUT2D eigenvalue weighted by molar-refractivity contribution is 7.98. The largest absolute Gasteiger partial charge is 0.302 e. The second-order valence-corrected chi connectivity index (χ2v) is 8.61. The number of benzene rings is 1. The van der Waals surface area contributed by atoms with E-state index in [1.165, 1.54) is 37.0 Å². The van der Waals surface area contributed by atoms with Gasteiger partial charge in [0, 0.05) is 10.8 Å². The molecule has 0 saturated heterocycles. The van der Waals surface area contributed by atoms with Gasteiger partial charge in [0.25, 0.3) is 0 Å². The van der Waals surface area contributed by atoms with Crippen LogP contribution in [0.25, 0.3) is 10.2 Å². The van der Waals surface area contributed by atoms with Gasteiger partial charge in [-0.15, -0.1) is 11.8 Å². The third-order valence-electron chi connectivity index (χ3n) is 5.01. The fourth-order valence-electron chi connectivity index (χ4n) is 3.50. The molecule has 0 aliphatic heterocycles. The predicted molar refractivity (Wildman–Crippen MR) is 105 cm³/mol. The Kier molecular flexibility index (Phi) is 6.17. The summed E-state index contributed by atoms with van der Waals surface area (Å²) in [5, 5.41) is 3.80. The number of anilines is 1. The van der Waals surface area contributed by atoms with E-state index in [0.717, 1.165) is 34.1 Å². The summed E-state index contributed by atoms with van der Waals surface area (Å²) < 4.78 is 1.14. The number of thiazole rings is 1. The van der Waals surface area contributed by atoms with Crippen molar-refractivity contribution in [3.63, 3.8) is 0 Å². The van der Waals surface area contributed by atoms with Crippen molar-refractivity contribution in [3.05, 3.63) is 18.2 Å². The van der Waals surface area contributed by atoms with E-state index in [0.29, 0.717) is 0 Å². The van der Waals surface area contributed by atoms with Crippen molar-refractivity contribution in [2.75, 3.05) is 11.6 Å². The second-order valence-electron chi connectivity index (χ2n) is 6.70. The molecule has 0 atom stereocenters. The van der Waals surface area contributed by atoms with E-state index in [9.17, 15) is 4.79 Å². The number of hydrogen-bond acceptors (Lipinski definition) is 4. The summed E-state index contributed by atoms with van der Waals surface area (Å²) in [7, 11) is 0. The van der Waals surface area contributed by atoms with E-state index >= 15 is 0 Å². The molecule has 1 aliphatic rings. The van der Waals surface area contributed by atoms with Crippen LogP contribution in [0.2, 0.25) is 0 Å². The van der Waals surface area contributed by atoms with Gasteiger partial charge in [0.1, 0.15) is 0 Å². The molecule has 0 spiro atoms. The number of aromatic nitrogens is 1. The molecule has 1 N–H and O–H groups in total. The van der Waals surface area contributed by atoms with Crippen LogP contribution in [0.5, 0.6) is 0 Å². The molecule has 1 aromatic heterocycles. The zero-order valence-corrected chi connectivity index (χ0v) is 16.1. The predicted octanol–water partition coefficient (Wildman–Crippen LogP) is 5.95. The molecule has 3 nitrogen and oxygen atoms in total. The van der Waals surface area contributed by atoms with Gasteiger partial charge in [-0.25, -0.2) is 4.98 Å². The first-order valence-electron chi connectivity index (χ1n) is 8.95. The van der Waals surface area contributed by atoms with Crippen molar-refractivity contribution in [3.8, 4) is 0 Å². The maximum atomic E-state index is 12.5.